The van der Waals surface area contributed by atoms with Gasteiger partial charge in [-0.1, -0.05) is 12.8 Å². The number of rotatable bonds is 5. The molecule has 3 N–H and O–H groups in total. The Kier molecular flexibility index (Phi) is 5.35. The third-order valence-electron chi connectivity index (χ3n) is 5.73. The number of H-pyrrole nitrogens is 1. The SMILES string of the molecule is CS(=N)(=O)c1ccc(Nc2nn(C3CCCC[C@@H]3CC#N)c3cc[nH]c(=O)c23)cc1. The molecule has 1 aliphatic carbocycles. The lowest BCUT2D eigenvalue weighted by Crippen LogP contribution is -2.24. The molecule has 0 amide bonds. The minimum absolute atomic E-state index is 0.0775. The van der Waals surface area contributed by atoms with Gasteiger partial charge in [-0.3, -0.25) is 9.48 Å². The van der Waals surface area contributed by atoms with Gasteiger partial charge in [-0.25, -0.2) is 8.99 Å². The Morgan fingerprint density at radius 3 is 2.73 bits per heavy atom. The Balaban J connectivity index is 1.76. The van der Waals surface area contributed by atoms with Gasteiger partial charge in [0.25, 0.3) is 5.56 Å². The van der Waals surface area contributed by atoms with Gasteiger partial charge in [-0.2, -0.15) is 10.4 Å². The molecule has 2 heterocycles. The molecule has 0 radical (unpaired) electrons. The monoisotopic (exact) mass is 424 g/mol. The van der Waals surface area contributed by atoms with Crippen molar-refractivity contribution in [1.82, 2.24) is 14.8 Å². The molecule has 1 aliphatic rings. The lowest BCUT2D eigenvalue weighted by atomic mass is 9.83. The molecule has 156 valence electrons. The first-order valence-corrected chi connectivity index (χ1v) is 11.9. The summed E-state index contributed by atoms with van der Waals surface area (Å²) in [6, 6.07) is 11.0. The molecule has 1 fully saturated rings. The fraction of sp³-hybridized carbons (Fsp3) is 0.381. The fourth-order valence-corrected chi connectivity index (χ4v) is 4.90. The summed E-state index contributed by atoms with van der Waals surface area (Å²) in [5.74, 6) is 0.664. The van der Waals surface area contributed by atoms with Gasteiger partial charge in [0.2, 0.25) is 0 Å². The van der Waals surface area contributed by atoms with E-state index in [0.717, 1.165) is 31.2 Å². The molecule has 0 aliphatic heterocycles. The average Bonchev–Trinajstić information content (AvgIpc) is 3.08. The van der Waals surface area contributed by atoms with Crippen molar-refractivity contribution in [3.05, 3.63) is 46.9 Å². The standard InChI is InChI=1S/C21H24N6O2S/c1-30(23,29)16-8-6-15(7-9-16)25-20-19-18(11-13-24-21(19)28)27(26-20)17-5-3-2-4-14(17)10-12-22/h6-9,11,13-14,17,23H,2-5,10H2,1H3,(H,24,28)(H,25,26)/t14-,17?,30?/m1/s1. The Bertz CT molecular complexity index is 1270. The topological polar surface area (TPSA) is 127 Å². The average molecular weight is 425 g/mol. The minimum Gasteiger partial charge on any atom is -0.338 e. The zero-order valence-corrected chi connectivity index (χ0v) is 17.5. The summed E-state index contributed by atoms with van der Waals surface area (Å²) < 4.78 is 21.5. The first-order valence-electron chi connectivity index (χ1n) is 9.96. The second-order valence-corrected chi connectivity index (χ2v) is 9.99. The maximum absolute atomic E-state index is 12.6. The molecule has 3 aromatic rings. The van der Waals surface area contributed by atoms with Gasteiger partial charge in [0.15, 0.2) is 5.82 Å². The lowest BCUT2D eigenvalue weighted by Gasteiger charge is -2.30. The van der Waals surface area contributed by atoms with Crippen LogP contribution in [0.15, 0.2) is 46.2 Å². The molecular weight excluding hydrogens is 400 g/mol. The van der Waals surface area contributed by atoms with E-state index < -0.39 is 9.73 Å². The van der Waals surface area contributed by atoms with E-state index in [1.807, 2.05) is 10.7 Å². The number of benzene rings is 1. The van der Waals surface area contributed by atoms with Crippen LogP contribution >= 0.6 is 0 Å². The van der Waals surface area contributed by atoms with Gasteiger partial charge < -0.3 is 10.3 Å². The fourth-order valence-electron chi connectivity index (χ4n) is 4.24. The minimum atomic E-state index is -2.78. The van der Waals surface area contributed by atoms with Crippen molar-refractivity contribution in [3.63, 3.8) is 0 Å². The van der Waals surface area contributed by atoms with Crippen LogP contribution in [0.4, 0.5) is 11.5 Å². The van der Waals surface area contributed by atoms with Crippen LogP contribution < -0.4 is 10.9 Å². The summed E-state index contributed by atoms with van der Waals surface area (Å²) in [5.41, 5.74) is 1.21. The Morgan fingerprint density at radius 2 is 2.03 bits per heavy atom. The summed E-state index contributed by atoms with van der Waals surface area (Å²) in [7, 11) is -2.78. The number of aromatic nitrogens is 3. The summed E-state index contributed by atoms with van der Waals surface area (Å²) in [5, 5.41) is 17.7. The van der Waals surface area contributed by atoms with Crippen molar-refractivity contribution in [1.29, 1.82) is 10.0 Å². The van der Waals surface area contributed by atoms with Crippen molar-refractivity contribution in [2.24, 2.45) is 5.92 Å². The summed E-state index contributed by atoms with van der Waals surface area (Å²) in [4.78, 5) is 15.8. The number of nitrogens with one attached hydrogen (secondary N) is 3. The number of aromatic amines is 1. The first kappa shape index (κ1) is 20.2. The highest BCUT2D eigenvalue weighted by atomic mass is 32.2. The number of fused-ring (bicyclic) bond motifs is 1. The normalized spacial score (nSPS) is 21.1. The Hall–Kier alpha value is -3.12. The highest BCUT2D eigenvalue weighted by Gasteiger charge is 2.29. The number of anilines is 2. The van der Waals surface area contributed by atoms with E-state index in [9.17, 15) is 14.3 Å². The highest BCUT2D eigenvalue weighted by molar-refractivity contribution is 7.91. The summed E-state index contributed by atoms with van der Waals surface area (Å²) >= 11 is 0. The molecular formula is C21H24N6O2S. The maximum atomic E-state index is 12.6. The number of hydrogen-bond donors (Lipinski definition) is 3. The van der Waals surface area contributed by atoms with Crippen LogP contribution in [0.25, 0.3) is 10.9 Å². The molecule has 2 aromatic heterocycles. The lowest BCUT2D eigenvalue weighted by molar-refractivity contribution is 0.232. The van der Waals surface area contributed by atoms with E-state index in [1.54, 1.807) is 30.5 Å². The van der Waals surface area contributed by atoms with Gasteiger partial charge in [-0.05, 0) is 49.1 Å². The molecule has 8 nitrogen and oxygen atoms in total. The molecule has 1 saturated carbocycles. The molecule has 3 atom stereocenters. The van der Waals surface area contributed by atoms with Crippen LogP contribution in [0, 0.1) is 22.0 Å². The van der Waals surface area contributed by atoms with Gasteiger partial charge in [0.1, 0.15) is 5.39 Å². The van der Waals surface area contributed by atoms with Crippen molar-refractivity contribution in [2.75, 3.05) is 11.6 Å². The number of pyridine rings is 1. The number of nitriles is 1. The van der Waals surface area contributed by atoms with Crippen LogP contribution in [0.2, 0.25) is 0 Å². The Labute approximate surface area is 174 Å². The third kappa shape index (κ3) is 3.83. The smallest absolute Gasteiger partial charge is 0.261 e. The predicted molar refractivity (Wildman–Crippen MR) is 116 cm³/mol. The second kappa shape index (κ2) is 7.95. The van der Waals surface area contributed by atoms with E-state index in [4.69, 9.17) is 9.88 Å². The van der Waals surface area contributed by atoms with E-state index in [0.29, 0.717) is 28.2 Å². The molecule has 30 heavy (non-hydrogen) atoms. The second-order valence-electron chi connectivity index (χ2n) is 7.83. The quantitative estimate of drug-likeness (QED) is 0.567. The largest absolute Gasteiger partial charge is 0.338 e. The number of nitrogens with zero attached hydrogens (tertiary/aromatic N) is 3. The van der Waals surface area contributed by atoms with Crippen LogP contribution in [-0.4, -0.2) is 25.2 Å². The summed E-state index contributed by atoms with van der Waals surface area (Å²) in [6.45, 7) is 0. The maximum Gasteiger partial charge on any atom is 0.261 e. The van der Waals surface area contributed by atoms with Crippen LogP contribution in [0.1, 0.15) is 38.1 Å². The predicted octanol–water partition coefficient (Wildman–Crippen LogP) is 4.15. The van der Waals surface area contributed by atoms with Gasteiger partial charge in [0, 0.05) is 29.5 Å². The van der Waals surface area contributed by atoms with E-state index in [2.05, 4.69) is 16.4 Å². The van der Waals surface area contributed by atoms with Crippen molar-refractivity contribution < 1.29 is 4.21 Å². The van der Waals surface area contributed by atoms with Gasteiger partial charge >= 0.3 is 0 Å². The molecule has 1 aromatic carbocycles. The number of hydrogen-bond acceptors (Lipinski definition) is 6. The van der Waals surface area contributed by atoms with Crippen molar-refractivity contribution >= 4 is 32.1 Å². The molecule has 0 spiro atoms. The molecule has 0 saturated heterocycles. The van der Waals surface area contributed by atoms with E-state index >= 15 is 0 Å². The van der Waals surface area contributed by atoms with Crippen molar-refractivity contribution in [2.45, 2.75) is 43.0 Å². The van der Waals surface area contributed by atoms with Crippen molar-refractivity contribution in [3.8, 4) is 6.07 Å². The van der Waals surface area contributed by atoms with Crippen LogP contribution in [0.3, 0.4) is 0 Å². The zero-order chi connectivity index (χ0) is 21.3. The summed E-state index contributed by atoms with van der Waals surface area (Å²) in [6.07, 6.45) is 7.57. The van der Waals surface area contributed by atoms with Gasteiger partial charge in [-0.15, -0.1) is 0 Å². The Morgan fingerprint density at radius 1 is 1.30 bits per heavy atom. The first-order chi connectivity index (χ1) is 14.4. The molecule has 9 heteroatoms. The van der Waals surface area contributed by atoms with Gasteiger partial charge in [0.05, 0.1) is 27.4 Å². The zero-order valence-electron chi connectivity index (χ0n) is 16.7. The van der Waals surface area contributed by atoms with E-state index in [-0.39, 0.29) is 17.5 Å². The molecule has 4 rings (SSSR count). The van der Waals surface area contributed by atoms with Crippen LogP contribution in [0.5, 0.6) is 0 Å². The highest BCUT2D eigenvalue weighted by Crippen LogP contribution is 2.38. The molecule has 2 unspecified atom stereocenters. The molecule has 0 bridgehead atoms. The third-order valence-corrected chi connectivity index (χ3v) is 6.91. The van der Waals surface area contributed by atoms with E-state index in [1.165, 1.54) is 6.26 Å². The van der Waals surface area contributed by atoms with Crippen LogP contribution in [-0.2, 0) is 9.73 Å².